The highest BCUT2D eigenvalue weighted by Gasteiger charge is 2.28. The highest BCUT2D eigenvalue weighted by Crippen LogP contribution is 2.32. The zero-order valence-corrected chi connectivity index (χ0v) is 15.9. The fourth-order valence-electron chi connectivity index (χ4n) is 4.37. The third-order valence-corrected chi connectivity index (χ3v) is 5.90. The molecular weight excluding hydrogens is 316 g/mol. The van der Waals surface area contributed by atoms with Crippen molar-refractivity contribution in [3.05, 3.63) is 60.7 Å². The number of carbonyl (C=O) groups excluding carboxylic acids is 1. The number of hydrogen-bond acceptors (Lipinski definition) is 1. The molecule has 1 nitrogen and oxygen atoms in total. The molecule has 0 aromatic heterocycles. The van der Waals surface area contributed by atoms with Gasteiger partial charge in [0, 0.05) is 11.8 Å². The molecule has 26 heavy (non-hydrogen) atoms. The van der Waals surface area contributed by atoms with Gasteiger partial charge in [-0.15, -0.1) is 0 Å². The lowest BCUT2D eigenvalue weighted by atomic mass is 9.77. The monoisotopic (exact) mass is 348 g/mol. The van der Waals surface area contributed by atoms with Gasteiger partial charge in [0.15, 0.2) is 0 Å². The Kier molecular flexibility index (Phi) is 7.49. The largest absolute Gasteiger partial charge is 0.299 e. The summed E-state index contributed by atoms with van der Waals surface area (Å²) in [5.41, 5.74) is 2.55. The molecule has 2 aromatic rings. The first kappa shape index (κ1) is 18.9. The van der Waals surface area contributed by atoms with Crippen molar-refractivity contribution in [3.63, 3.8) is 0 Å². The quantitative estimate of drug-likeness (QED) is 0.579. The van der Waals surface area contributed by atoms with E-state index in [0.29, 0.717) is 17.6 Å². The molecule has 0 aliphatic heterocycles. The molecule has 2 fully saturated rings. The Labute approximate surface area is 158 Å². The molecule has 2 aliphatic carbocycles. The van der Waals surface area contributed by atoms with Crippen molar-refractivity contribution < 1.29 is 4.79 Å². The second-order valence-corrected chi connectivity index (χ2v) is 7.80. The standard InChI is InChI=1S/C13H22O.C12H10/c14-13(11-7-3-1-4-8-11)12-9-5-2-6-10-12;1-3-7-11(8-4-1)12-9-5-2-6-10-12/h11-12H,1-10H2;1-10H. The Morgan fingerprint density at radius 1 is 0.538 bits per heavy atom. The van der Waals surface area contributed by atoms with E-state index in [0.717, 1.165) is 0 Å². The number of Topliss-reactive ketones (excluding diaryl/α,β-unsaturated/α-hetero) is 1. The number of hydrogen-bond donors (Lipinski definition) is 0. The van der Waals surface area contributed by atoms with Crippen molar-refractivity contribution in [2.24, 2.45) is 11.8 Å². The van der Waals surface area contributed by atoms with Crippen LogP contribution in [0.5, 0.6) is 0 Å². The maximum Gasteiger partial charge on any atom is 0.139 e. The predicted molar refractivity (Wildman–Crippen MR) is 110 cm³/mol. The molecule has 2 aliphatic rings. The summed E-state index contributed by atoms with van der Waals surface area (Å²) < 4.78 is 0. The van der Waals surface area contributed by atoms with Gasteiger partial charge in [-0.05, 0) is 36.8 Å². The van der Waals surface area contributed by atoms with Crippen LogP contribution in [0, 0.1) is 11.8 Å². The Morgan fingerprint density at radius 3 is 1.23 bits per heavy atom. The lowest BCUT2D eigenvalue weighted by Crippen LogP contribution is -2.27. The van der Waals surface area contributed by atoms with Crippen molar-refractivity contribution in [1.82, 2.24) is 0 Å². The van der Waals surface area contributed by atoms with E-state index in [9.17, 15) is 4.79 Å². The van der Waals surface area contributed by atoms with Crippen LogP contribution < -0.4 is 0 Å². The molecular formula is C25H32O. The molecule has 0 N–H and O–H groups in total. The van der Waals surface area contributed by atoms with Crippen LogP contribution in [0.3, 0.4) is 0 Å². The van der Waals surface area contributed by atoms with Gasteiger partial charge >= 0.3 is 0 Å². The van der Waals surface area contributed by atoms with Crippen LogP contribution in [0.25, 0.3) is 11.1 Å². The molecule has 1 heteroatoms. The zero-order valence-electron chi connectivity index (χ0n) is 15.9. The minimum absolute atomic E-state index is 0.451. The van der Waals surface area contributed by atoms with Crippen LogP contribution in [0.4, 0.5) is 0 Å². The first-order valence-corrected chi connectivity index (χ1v) is 10.5. The molecule has 0 amide bonds. The Hall–Kier alpha value is -1.89. The predicted octanol–water partition coefficient (Wildman–Crippen LogP) is 7.07. The van der Waals surface area contributed by atoms with Gasteiger partial charge in [0.25, 0.3) is 0 Å². The normalized spacial score (nSPS) is 18.6. The van der Waals surface area contributed by atoms with E-state index >= 15 is 0 Å². The molecule has 0 heterocycles. The van der Waals surface area contributed by atoms with E-state index in [1.54, 1.807) is 0 Å². The minimum atomic E-state index is 0.451. The van der Waals surface area contributed by atoms with Gasteiger partial charge in [0.05, 0.1) is 0 Å². The third-order valence-electron chi connectivity index (χ3n) is 5.90. The summed E-state index contributed by atoms with van der Waals surface area (Å²) in [6.07, 6.45) is 12.6. The van der Waals surface area contributed by atoms with E-state index < -0.39 is 0 Å². The van der Waals surface area contributed by atoms with E-state index in [1.165, 1.54) is 75.3 Å². The summed E-state index contributed by atoms with van der Waals surface area (Å²) in [6.45, 7) is 0. The van der Waals surface area contributed by atoms with E-state index in [-0.39, 0.29) is 0 Å². The Bertz CT molecular complexity index is 577. The molecule has 138 valence electrons. The number of benzene rings is 2. The van der Waals surface area contributed by atoms with Crippen molar-refractivity contribution in [2.45, 2.75) is 64.2 Å². The molecule has 4 rings (SSSR count). The molecule has 0 spiro atoms. The molecule has 0 radical (unpaired) electrons. The summed E-state index contributed by atoms with van der Waals surface area (Å²) >= 11 is 0. The summed E-state index contributed by atoms with van der Waals surface area (Å²) in [7, 11) is 0. The lowest BCUT2D eigenvalue weighted by molar-refractivity contribution is -0.128. The van der Waals surface area contributed by atoms with Gasteiger partial charge in [0.2, 0.25) is 0 Å². The summed E-state index contributed by atoms with van der Waals surface area (Å²) in [5.74, 6) is 1.53. The van der Waals surface area contributed by atoms with Crippen molar-refractivity contribution in [2.75, 3.05) is 0 Å². The maximum atomic E-state index is 12.2. The van der Waals surface area contributed by atoms with Crippen LogP contribution in [-0.4, -0.2) is 5.78 Å². The Morgan fingerprint density at radius 2 is 0.885 bits per heavy atom. The molecule has 0 bridgehead atoms. The molecule has 0 saturated heterocycles. The van der Waals surface area contributed by atoms with Crippen molar-refractivity contribution >= 4 is 5.78 Å². The second kappa shape index (κ2) is 10.3. The SMILES string of the molecule is O=C(C1CCCCC1)C1CCCCC1.c1ccc(-c2ccccc2)cc1. The van der Waals surface area contributed by atoms with Gasteiger partial charge in [0.1, 0.15) is 5.78 Å². The van der Waals surface area contributed by atoms with Crippen molar-refractivity contribution in [1.29, 1.82) is 0 Å². The van der Waals surface area contributed by atoms with Crippen LogP contribution in [0.1, 0.15) is 64.2 Å². The maximum absolute atomic E-state index is 12.2. The summed E-state index contributed by atoms with van der Waals surface area (Å²) in [5, 5.41) is 0. The molecule has 0 unspecified atom stereocenters. The van der Waals surface area contributed by atoms with Gasteiger partial charge in [-0.25, -0.2) is 0 Å². The van der Waals surface area contributed by atoms with Crippen LogP contribution in [0.2, 0.25) is 0 Å². The molecule has 0 atom stereocenters. The Balaban J connectivity index is 0.000000152. The topological polar surface area (TPSA) is 17.1 Å². The minimum Gasteiger partial charge on any atom is -0.299 e. The molecule has 2 aromatic carbocycles. The van der Waals surface area contributed by atoms with Crippen molar-refractivity contribution in [3.8, 4) is 11.1 Å². The second-order valence-electron chi connectivity index (χ2n) is 7.80. The smallest absolute Gasteiger partial charge is 0.139 e. The third kappa shape index (κ3) is 5.56. The average molecular weight is 349 g/mol. The number of rotatable bonds is 3. The molecule has 2 saturated carbocycles. The average Bonchev–Trinajstić information content (AvgIpc) is 2.76. The van der Waals surface area contributed by atoms with Gasteiger partial charge < -0.3 is 0 Å². The summed E-state index contributed by atoms with van der Waals surface area (Å²) in [4.78, 5) is 12.2. The van der Waals surface area contributed by atoms with Gasteiger partial charge in [-0.2, -0.15) is 0 Å². The van der Waals surface area contributed by atoms with Crippen LogP contribution in [-0.2, 0) is 4.79 Å². The van der Waals surface area contributed by atoms with E-state index in [2.05, 4.69) is 48.5 Å². The zero-order chi connectivity index (χ0) is 18.0. The first-order chi connectivity index (χ1) is 12.8. The number of ketones is 1. The van der Waals surface area contributed by atoms with E-state index in [1.807, 2.05) is 12.1 Å². The highest BCUT2D eigenvalue weighted by molar-refractivity contribution is 5.83. The first-order valence-electron chi connectivity index (χ1n) is 10.5. The number of carbonyl (C=O) groups is 1. The van der Waals surface area contributed by atoms with Crippen LogP contribution in [0.15, 0.2) is 60.7 Å². The fraction of sp³-hybridized carbons (Fsp3) is 0.480. The lowest BCUT2D eigenvalue weighted by Gasteiger charge is -2.27. The van der Waals surface area contributed by atoms with Gasteiger partial charge in [-0.1, -0.05) is 99.2 Å². The fourth-order valence-corrected chi connectivity index (χ4v) is 4.37. The van der Waals surface area contributed by atoms with Gasteiger partial charge in [-0.3, -0.25) is 4.79 Å². The van der Waals surface area contributed by atoms with Crippen LogP contribution >= 0.6 is 0 Å². The van der Waals surface area contributed by atoms with E-state index in [4.69, 9.17) is 0 Å². The summed E-state index contributed by atoms with van der Waals surface area (Å²) in [6, 6.07) is 20.8. The highest BCUT2D eigenvalue weighted by atomic mass is 16.1.